The summed E-state index contributed by atoms with van der Waals surface area (Å²) in [4.78, 5) is 14.4. The number of amides is 1. The topological polar surface area (TPSA) is 55.6 Å². The van der Waals surface area contributed by atoms with E-state index in [0.717, 1.165) is 29.7 Å². The Morgan fingerprint density at radius 2 is 1.92 bits per heavy atom. The predicted molar refractivity (Wildman–Crippen MR) is 95.6 cm³/mol. The van der Waals surface area contributed by atoms with Crippen molar-refractivity contribution in [3.05, 3.63) is 53.6 Å². The first-order valence-corrected chi connectivity index (χ1v) is 7.76. The summed E-state index contributed by atoms with van der Waals surface area (Å²) in [6.07, 6.45) is 1.93. The zero-order chi connectivity index (χ0) is 17.1. The Balaban J connectivity index is 0.00000225. The number of carbonyl (C=O) groups excluding carboxylic acids is 1. The van der Waals surface area contributed by atoms with Crippen LogP contribution in [0.2, 0.25) is 0 Å². The van der Waals surface area contributed by atoms with Crippen LogP contribution in [0, 0.1) is 0 Å². The monoisotopic (exact) mass is 368 g/mol. The van der Waals surface area contributed by atoms with Crippen LogP contribution < -0.4 is 15.4 Å². The molecule has 0 spiro atoms. The molecule has 1 heterocycles. The van der Waals surface area contributed by atoms with Gasteiger partial charge in [0.25, 0.3) is 0 Å². The van der Waals surface area contributed by atoms with Gasteiger partial charge in [-0.15, -0.1) is 12.4 Å². The van der Waals surface area contributed by atoms with Gasteiger partial charge in [0.05, 0.1) is 6.42 Å². The van der Waals surface area contributed by atoms with Crippen molar-refractivity contribution >= 4 is 29.7 Å². The number of alkyl halides is 2. The summed E-state index contributed by atoms with van der Waals surface area (Å²) < 4.78 is 28.6. The van der Waals surface area contributed by atoms with Crippen LogP contribution in [0.1, 0.15) is 17.5 Å². The van der Waals surface area contributed by atoms with Gasteiger partial charge in [-0.25, -0.2) is 0 Å². The average molecular weight is 369 g/mol. The summed E-state index contributed by atoms with van der Waals surface area (Å²) in [6, 6.07) is 11.7. The molecule has 0 bridgehead atoms. The maximum atomic E-state index is 12.6. The maximum absolute atomic E-state index is 12.6. The number of anilines is 2. The van der Waals surface area contributed by atoms with Crippen molar-refractivity contribution in [2.75, 3.05) is 17.2 Å². The minimum Gasteiger partial charge on any atom is -0.435 e. The van der Waals surface area contributed by atoms with Crippen LogP contribution >= 0.6 is 12.4 Å². The lowest BCUT2D eigenvalue weighted by Gasteiger charge is -2.30. The van der Waals surface area contributed by atoms with Crippen molar-refractivity contribution in [1.29, 1.82) is 0 Å². The Morgan fingerprint density at radius 1 is 1.20 bits per heavy atom. The normalized spacial score (nSPS) is 13.2. The Morgan fingerprint density at radius 3 is 2.60 bits per heavy atom. The van der Waals surface area contributed by atoms with E-state index in [-0.39, 0.29) is 30.5 Å². The number of carbonyl (C=O) groups is 1. The third-order valence-corrected chi connectivity index (χ3v) is 4.09. The average Bonchev–Trinajstić information content (AvgIpc) is 2.56. The van der Waals surface area contributed by atoms with Gasteiger partial charge in [-0.1, -0.05) is 18.2 Å². The molecule has 134 valence electrons. The van der Waals surface area contributed by atoms with Gasteiger partial charge in [0.15, 0.2) is 0 Å². The Hall–Kier alpha value is -2.34. The van der Waals surface area contributed by atoms with Gasteiger partial charge in [-0.05, 0) is 48.2 Å². The molecule has 0 saturated carbocycles. The number of rotatable bonds is 4. The van der Waals surface area contributed by atoms with Crippen LogP contribution in [0.15, 0.2) is 42.5 Å². The molecule has 0 fully saturated rings. The standard InChI is InChI=1S/C18H18F2N2O2.ClH/c19-18(20)24-13-8-6-12(7-9-13)11-17(23)22-10-2-3-14-15(21)4-1-5-16(14)22;/h1,4-9,18H,2-3,10-11,21H2;1H. The zero-order valence-electron chi connectivity index (χ0n) is 13.5. The van der Waals surface area contributed by atoms with E-state index in [1.165, 1.54) is 12.1 Å². The second-order valence-corrected chi connectivity index (χ2v) is 5.69. The van der Waals surface area contributed by atoms with E-state index >= 15 is 0 Å². The number of ether oxygens (including phenoxy) is 1. The Kier molecular flexibility index (Phi) is 6.20. The number of hydrogen-bond donors (Lipinski definition) is 1. The van der Waals surface area contributed by atoms with Crippen LogP contribution in [0.3, 0.4) is 0 Å². The highest BCUT2D eigenvalue weighted by atomic mass is 35.5. The predicted octanol–water partition coefficient (Wildman–Crippen LogP) is 3.81. The summed E-state index contributed by atoms with van der Waals surface area (Å²) in [7, 11) is 0. The fraction of sp³-hybridized carbons (Fsp3) is 0.278. The van der Waals surface area contributed by atoms with Gasteiger partial charge < -0.3 is 15.4 Å². The Labute approximate surface area is 151 Å². The number of nitrogens with two attached hydrogens (primary N) is 1. The van der Waals surface area contributed by atoms with Crippen LogP contribution in [-0.2, 0) is 17.6 Å². The van der Waals surface area contributed by atoms with Crippen LogP contribution in [0.5, 0.6) is 5.75 Å². The lowest BCUT2D eigenvalue weighted by molar-refractivity contribution is -0.118. The molecular weight excluding hydrogens is 350 g/mol. The van der Waals surface area contributed by atoms with Crippen LogP contribution in [0.25, 0.3) is 0 Å². The van der Waals surface area contributed by atoms with Gasteiger partial charge in [-0.3, -0.25) is 4.79 Å². The fourth-order valence-corrected chi connectivity index (χ4v) is 2.97. The highest BCUT2D eigenvalue weighted by Gasteiger charge is 2.23. The SMILES string of the molecule is Cl.Nc1cccc2c1CCCN2C(=O)Cc1ccc(OC(F)F)cc1. The molecule has 2 aromatic carbocycles. The van der Waals surface area contributed by atoms with Gasteiger partial charge in [0, 0.05) is 17.9 Å². The molecule has 1 aliphatic heterocycles. The number of halogens is 3. The highest BCUT2D eigenvalue weighted by molar-refractivity contribution is 5.96. The van der Waals surface area contributed by atoms with Crippen molar-refractivity contribution in [2.45, 2.75) is 25.9 Å². The van der Waals surface area contributed by atoms with Gasteiger partial charge in [0.1, 0.15) is 5.75 Å². The number of benzene rings is 2. The van der Waals surface area contributed by atoms with E-state index < -0.39 is 6.61 Å². The van der Waals surface area contributed by atoms with Crippen LogP contribution in [-0.4, -0.2) is 19.1 Å². The largest absolute Gasteiger partial charge is 0.435 e. The first-order valence-electron chi connectivity index (χ1n) is 7.76. The molecular formula is C18H19ClF2N2O2. The summed E-state index contributed by atoms with van der Waals surface area (Å²) in [5.74, 6) is 0.0429. The molecule has 3 rings (SSSR count). The van der Waals surface area contributed by atoms with Crippen molar-refractivity contribution < 1.29 is 18.3 Å². The zero-order valence-corrected chi connectivity index (χ0v) is 14.3. The summed E-state index contributed by atoms with van der Waals surface area (Å²) in [6.45, 7) is -2.20. The summed E-state index contributed by atoms with van der Waals surface area (Å²) >= 11 is 0. The number of nitrogens with zero attached hydrogens (tertiary/aromatic N) is 1. The van der Waals surface area contributed by atoms with Crippen molar-refractivity contribution in [3.63, 3.8) is 0 Å². The second kappa shape index (κ2) is 8.16. The van der Waals surface area contributed by atoms with E-state index in [1.807, 2.05) is 18.2 Å². The molecule has 7 heteroatoms. The van der Waals surface area contributed by atoms with E-state index in [0.29, 0.717) is 12.2 Å². The molecule has 0 aromatic heterocycles. The maximum Gasteiger partial charge on any atom is 0.387 e. The first-order chi connectivity index (χ1) is 11.5. The minimum atomic E-state index is -2.85. The van der Waals surface area contributed by atoms with Crippen molar-refractivity contribution in [1.82, 2.24) is 0 Å². The van der Waals surface area contributed by atoms with E-state index in [1.54, 1.807) is 17.0 Å². The molecule has 2 aromatic rings. The molecule has 0 radical (unpaired) electrons. The lowest BCUT2D eigenvalue weighted by atomic mass is 9.99. The number of nitrogen functional groups attached to an aromatic ring is 1. The molecule has 0 aliphatic carbocycles. The third-order valence-electron chi connectivity index (χ3n) is 4.09. The van der Waals surface area contributed by atoms with Crippen molar-refractivity contribution in [3.8, 4) is 5.75 Å². The quantitative estimate of drug-likeness (QED) is 0.835. The minimum absolute atomic E-state index is 0. The molecule has 1 amide bonds. The van der Waals surface area contributed by atoms with Crippen molar-refractivity contribution in [2.24, 2.45) is 0 Å². The molecule has 0 saturated heterocycles. The molecule has 25 heavy (non-hydrogen) atoms. The van der Waals surface area contributed by atoms with Gasteiger partial charge in [0.2, 0.25) is 5.91 Å². The third kappa shape index (κ3) is 4.39. The molecule has 0 atom stereocenters. The summed E-state index contributed by atoms with van der Waals surface area (Å²) in [5, 5.41) is 0. The number of hydrogen-bond acceptors (Lipinski definition) is 3. The lowest BCUT2D eigenvalue weighted by Crippen LogP contribution is -2.36. The second-order valence-electron chi connectivity index (χ2n) is 5.69. The van der Waals surface area contributed by atoms with E-state index in [2.05, 4.69) is 4.74 Å². The summed E-state index contributed by atoms with van der Waals surface area (Å²) in [5.41, 5.74) is 9.33. The van der Waals surface area contributed by atoms with E-state index in [9.17, 15) is 13.6 Å². The van der Waals surface area contributed by atoms with E-state index in [4.69, 9.17) is 5.73 Å². The van der Waals surface area contributed by atoms with Gasteiger partial charge >= 0.3 is 6.61 Å². The molecule has 1 aliphatic rings. The first kappa shape index (κ1) is 19.0. The fourth-order valence-electron chi connectivity index (χ4n) is 2.97. The smallest absolute Gasteiger partial charge is 0.387 e. The molecule has 2 N–H and O–H groups in total. The number of fused-ring (bicyclic) bond motifs is 1. The molecule has 4 nitrogen and oxygen atoms in total. The van der Waals surface area contributed by atoms with Gasteiger partial charge in [-0.2, -0.15) is 8.78 Å². The highest BCUT2D eigenvalue weighted by Crippen LogP contribution is 2.31. The molecule has 0 unspecified atom stereocenters. The van der Waals surface area contributed by atoms with Crippen LogP contribution in [0.4, 0.5) is 20.2 Å². The Bertz CT molecular complexity index is 738.